The lowest BCUT2D eigenvalue weighted by atomic mass is 10.1. The molecule has 2 N–H and O–H groups in total. The van der Waals surface area contributed by atoms with Crippen molar-refractivity contribution in [3.05, 3.63) is 6.20 Å². The summed E-state index contributed by atoms with van der Waals surface area (Å²) in [5, 5.41) is 3.83. The second-order valence-corrected chi connectivity index (χ2v) is 6.56. The summed E-state index contributed by atoms with van der Waals surface area (Å²) in [6.07, 6.45) is 3.28. The van der Waals surface area contributed by atoms with E-state index in [1.807, 2.05) is 0 Å². The third-order valence-corrected chi connectivity index (χ3v) is 5.26. The average molecular weight is 302 g/mol. The van der Waals surface area contributed by atoms with Crippen LogP contribution in [0.3, 0.4) is 0 Å². The zero-order chi connectivity index (χ0) is 14.9. The molecule has 1 aliphatic heterocycles. The maximum Gasteiger partial charge on any atom is 0.324 e. The smallest absolute Gasteiger partial charge is 0.324 e. The van der Waals surface area contributed by atoms with Crippen molar-refractivity contribution in [2.45, 2.75) is 30.2 Å². The number of nitrogens with zero attached hydrogens (tertiary/aromatic N) is 3. The Hall–Kier alpha value is -1.61. The molecule has 112 valence electrons. The first-order valence-corrected chi connectivity index (χ1v) is 7.70. The number of hydrogen-bond acceptors (Lipinski definition) is 6. The fourth-order valence-corrected chi connectivity index (χ4v) is 4.11. The fourth-order valence-electron chi connectivity index (χ4n) is 2.37. The Kier molecular flexibility index (Phi) is 4.00. The highest BCUT2D eigenvalue weighted by atomic mass is 32.2. The fraction of sp³-hybridized carbons (Fsp3) is 0.636. The monoisotopic (exact) mass is 302 g/mol. The molecule has 0 spiro atoms. The van der Waals surface area contributed by atoms with Crippen molar-refractivity contribution < 1.29 is 17.9 Å². The first-order chi connectivity index (χ1) is 9.37. The number of aromatic nitrogens is 2. The van der Waals surface area contributed by atoms with Gasteiger partial charge >= 0.3 is 5.97 Å². The molecule has 8 nitrogen and oxygen atoms in total. The minimum Gasteiger partial charge on any atom is -0.468 e. The quantitative estimate of drug-likeness (QED) is 0.769. The molecular weight excluding hydrogens is 284 g/mol. The van der Waals surface area contributed by atoms with Gasteiger partial charge in [0.1, 0.15) is 10.9 Å². The average Bonchev–Trinajstić information content (AvgIpc) is 2.77. The van der Waals surface area contributed by atoms with Crippen LogP contribution in [0.2, 0.25) is 0 Å². The Morgan fingerprint density at radius 3 is 2.75 bits per heavy atom. The summed E-state index contributed by atoms with van der Waals surface area (Å²) in [6.45, 7) is 0.274. The lowest BCUT2D eigenvalue weighted by Gasteiger charge is -2.32. The number of aryl methyl sites for hydroxylation is 1. The number of sulfonamides is 1. The lowest BCUT2D eigenvalue weighted by Crippen LogP contribution is -2.48. The van der Waals surface area contributed by atoms with E-state index < -0.39 is 22.0 Å². The van der Waals surface area contributed by atoms with Gasteiger partial charge in [0.05, 0.1) is 7.11 Å². The lowest BCUT2D eigenvalue weighted by molar-refractivity contribution is -0.146. The van der Waals surface area contributed by atoms with Gasteiger partial charge in [0.15, 0.2) is 5.82 Å². The molecule has 1 aliphatic rings. The van der Waals surface area contributed by atoms with Crippen LogP contribution < -0.4 is 5.73 Å². The van der Waals surface area contributed by atoms with Crippen molar-refractivity contribution in [1.29, 1.82) is 0 Å². The van der Waals surface area contributed by atoms with Gasteiger partial charge in [-0.3, -0.25) is 9.48 Å². The zero-order valence-electron chi connectivity index (χ0n) is 11.4. The number of hydrogen-bond donors (Lipinski definition) is 1. The molecule has 0 bridgehead atoms. The summed E-state index contributed by atoms with van der Waals surface area (Å²) in [5.74, 6) is -0.613. The molecule has 1 saturated heterocycles. The van der Waals surface area contributed by atoms with Gasteiger partial charge in [-0.15, -0.1) is 0 Å². The summed E-state index contributed by atoms with van der Waals surface area (Å²) in [6, 6.07) is -0.793. The van der Waals surface area contributed by atoms with Crippen molar-refractivity contribution in [2.75, 3.05) is 19.4 Å². The number of carbonyl (C=O) groups is 1. The van der Waals surface area contributed by atoms with Crippen molar-refractivity contribution in [3.8, 4) is 0 Å². The predicted octanol–water partition coefficient (Wildman–Crippen LogP) is -0.281. The van der Waals surface area contributed by atoms with Gasteiger partial charge in [-0.1, -0.05) is 0 Å². The van der Waals surface area contributed by atoms with Gasteiger partial charge < -0.3 is 10.5 Å². The van der Waals surface area contributed by atoms with Crippen molar-refractivity contribution >= 4 is 21.8 Å². The number of anilines is 1. The van der Waals surface area contributed by atoms with Crippen LogP contribution in [-0.2, 0) is 26.6 Å². The van der Waals surface area contributed by atoms with Crippen molar-refractivity contribution in [2.24, 2.45) is 7.05 Å². The molecule has 0 aromatic carbocycles. The number of rotatable bonds is 3. The Labute approximate surface area is 117 Å². The van der Waals surface area contributed by atoms with Gasteiger partial charge in [0.2, 0.25) is 10.0 Å². The second kappa shape index (κ2) is 5.41. The molecule has 1 aromatic heterocycles. The molecule has 1 atom stereocenters. The van der Waals surface area contributed by atoms with Crippen LogP contribution in [0.15, 0.2) is 11.1 Å². The Balaban J connectivity index is 2.40. The van der Waals surface area contributed by atoms with E-state index >= 15 is 0 Å². The number of carbonyl (C=O) groups excluding carboxylic acids is 1. The van der Waals surface area contributed by atoms with E-state index in [-0.39, 0.29) is 17.3 Å². The van der Waals surface area contributed by atoms with E-state index in [1.165, 1.54) is 18.0 Å². The highest BCUT2D eigenvalue weighted by Crippen LogP contribution is 2.28. The number of esters is 1. The largest absolute Gasteiger partial charge is 0.468 e. The van der Waals surface area contributed by atoms with Crippen molar-refractivity contribution in [1.82, 2.24) is 14.1 Å². The molecule has 2 heterocycles. The number of nitrogens with two attached hydrogens (primary N) is 1. The topological polar surface area (TPSA) is 108 Å². The Morgan fingerprint density at radius 2 is 2.20 bits per heavy atom. The Morgan fingerprint density at radius 1 is 1.50 bits per heavy atom. The number of ether oxygens (including phenoxy) is 1. The van der Waals surface area contributed by atoms with E-state index in [4.69, 9.17) is 5.73 Å². The maximum absolute atomic E-state index is 12.6. The predicted molar refractivity (Wildman–Crippen MR) is 71.2 cm³/mol. The van der Waals surface area contributed by atoms with Crippen LogP contribution in [0.1, 0.15) is 19.3 Å². The second-order valence-electron chi connectivity index (χ2n) is 4.70. The molecular formula is C11H18N4O4S. The molecule has 9 heteroatoms. The Bertz CT molecular complexity index is 610. The van der Waals surface area contributed by atoms with E-state index in [0.29, 0.717) is 12.8 Å². The van der Waals surface area contributed by atoms with Crippen LogP contribution in [0.5, 0.6) is 0 Å². The molecule has 1 aromatic rings. The van der Waals surface area contributed by atoms with E-state index in [9.17, 15) is 13.2 Å². The van der Waals surface area contributed by atoms with Crippen molar-refractivity contribution in [3.63, 3.8) is 0 Å². The third kappa shape index (κ3) is 2.50. The molecule has 1 unspecified atom stereocenters. The van der Waals surface area contributed by atoms with Gasteiger partial charge in [-0.2, -0.15) is 9.40 Å². The van der Waals surface area contributed by atoms with Gasteiger partial charge in [0.25, 0.3) is 0 Å². The number of nitrogen functional groups attached to an aromatic ring is 1. The molecule has 0 radical (unpaired) electrons. The summed E-state index contributed by atoms with van der Waals surface area (Å²) in [5.41, 5.74) is 5.63. The highest BCUT2D eigenvalue weighted by Gasteiger charge is 2.39. The first-order valence-electron chi connectivity index (χ1n) is 6.26. The first kappa shape index (κ1) is 14.8. The van der Waals surface area contributed by atoms with Gasteiger partial charge in [0, 0.05) is 19.8 Å². The van der Waals surface area contributed by atoms with Gasteiger partial charge in [-0.05, 0) is 19.3 Å². The summed E-state index contributed by atoms with van der Waals surface area (Å²) < 4.78 is 32.5. The molecule has 0 amide bonds. The summed E-state index contributed by atoms with van der Waals surface area (Å²) in [7, 11) is -1.02. The van der Waals surface area contributed by atoms with E-state index in [1.54, 1.807) is 7.05 Å². The van der Waals surface area contributed by atoms with Gasteiger partial charge in [-0.25, -0.2) is 8.42 Å². The van der Waals surface area contributed by atoms with E-state index in [0.717, 1.165) is 10.7 Å². The van der Waals surface area contributed by atoms with E-state index in [2.05, 4.69) is 9.84 Å². The molecule has 1 fully saturated rings. The minimum absolute atomic E-state index is 0.0679. The molecule has 0 saturated carbocycles. The third-order valence-electron chi connectivity index (χ3n) is 3.34. The van der Waals surface area contributed by atoms with Crippen LogP contribution in [0, 0.1) is 0 Å². The SMILES string of the molecule is COC(=O)C1CCCCN1S(=O)(=O)c1cn(C)nc1N. The van der Waals surface area contributed by atoms with Crippen LogP contribution in [-0.4, -0.2) is 48.2 Å². The molecule has 0 aliphatic carbocycles. The summed E-state index contributed by atoms with van der Waals surface area (Å²) in [4.78, 5) is 11.7. The zero-order valence-corrected chi connectivity index (χ0v) is 12.3. The van der Waals surface area contributed by atoms with Crippen LogP contribution in [0.4, 0.5) is 5.82 Å². The summed E-state index contributed by atoms with van der Waals surface area (Å²) >= 11 is 0. The highest BCUT2D eigenvalue weighted by molar-refractivity contribution is 7.89. The maximum atomic E-state index is 12.6. The van der Waals surface area contributed by atoms with Crippen LogP contribution >= 0.6 is 0 Å². The number of piperidine rings is 1. The molecule has 2 rings (SSSR count). The minimum atomic E-state index is -3.85. The van der Waals surface area contributed by atoms with Crippen LogP contribution in [0.25, 0.3) is 0 Å². The normalized spacial score (nSPS) is 20.8. The standard InChI is InChI=1S/C11H18N4O4S/c1-14-7-9(10(12)13-14)20(17,18)15-6-4-3-5-8(15)11(16)19-2/h7-8H,3-6H2,1-2H3,(H2,12,13). The number of methoxy groups -OCH3 is 1. The molecule has 20 heavy (non-hydrogen) atoms.